The Hall–Kier alpha value is -3.02. The number of carbonyl (C=O) groups excluding carboxylic acids is 1. The fraction of sp³-hybridized carbons (Fsp3) is 0.462. The van der Waals surface area contributed by atoms with E-state index >= 15 is 0 Å². The Morgan fingerprint density at radius 3 is 2.31 bits per heavy atom. The number of fused-ring (bicyclic) bond motifs is 1. The molecule has 0 saturated carbocycles. The number of benzene rings is 2. The Morgan fingerprint density at radius 2 is 1.66 bits per heavy atom. The normalized spacial score (nSPS) is 14.1. The highest BCUT2D eigenvalue weighted by Crippen LogP contribution is 2.36. The van der Waals surface area contributed by atoms with Crippen LogP contribution in [-0.2, 0) is 10.2 Å². The number of hydrazone groups is 1. The summed E-state index contributed by atoms with van der Waals surface area (Å²) in [5, 5.41) is 4.18. The second-order valence-electron chi connectivity index (χ2n) is 10.0. The van der Waals surface area contributed by atoms with Gasteiger partial charge in [-0.3, -0.25) is 4.79 Å². The van der Waals surface area contributed by atoms with Gasteiger partial charge in [-0.25, -0.2) is 5.43 Å². The third-order valence-electron chi connectivity index (χ3n) is 5.29. The van der Waals surface area contributed by atoms with Gasteiger partial charge in [0.15, 0.2) is 18.1 Å². The minimum absolute atomic E-state index is 0.0637. The van der Waals surface area contributed by atoms with Gasteiger partial charge in [0.05, 0.1) is 5.71 Å². The van der Waals surface area contributed by atoms with Crippen molar-refractivity contribution in [3.63, 3.8) is 0 Å². The van der Waals surface area contributed by atoms with Crippen LogP contribution in [0.25, 0.3) is 0 Å². The van der Waals surface area contributed by atoms with Crippen molar-refractivity contribution in [2.75, 3.05) is 19.8 Å². The second-order valence-corrected chi connectivity index (χ2v) is 10.0. The van der Waals surface area contributed by atoms with Gasteiger partial charge >= 0.3 is 0 Å². The summed E-state index contributed by atoms with van der Waals surface area (Å²) in [5.41, 5.74) is 5.63. The van der Waals surface area contributed by atoms with E-state index in [4.69, 9.17) is 14.2 Å². The molecular weight excluding hydrogens is 404 g/mol. The first-order chi connectivity index (χ1) is 15.0. The van der Waals surface area contributed by atoms with Crippen molar-refractivity contribution in [3.8, 4) is 17.2 Å². The van der Waals surface area contributed by atoms with Crippen molar-refractivity contribution in [2.45, 2.75) is 53.4 Å². The summed E-state index contributed by atoms with van der Waals surface area (Å²) in [7, 11) is 0. The lowest BCUT2D eigenvalue weighted by atomic mass is 9.72. The molecule has 6 heteroatoms. The molecule has 0 saturated heterocycles. The molecule has 0 bridgehead atoms. The number of ether oxygens (including phenoxy) is 3. The molecule has 1 aliphatic rings. The van der Waals surface area contributed by atoms with Crippen LogP contribution in [0.4, 0.5) is 0 Å². The summed E-state index contributed by atoms with van der Waals surface area (Å²) in [5.74, 6) is 1.74. The van der Waals surface area contributed by atoms with Crippen LogP contribution in [0.2, 0.25) is 0 Å². The van der Waals surface area contributed by atoms with Crippen LogP contribution in [0, 0.1) is 5.41 Å². The molecule has 32 heavy (non-hydrogen) atoms. The van der Waals surface area contributed by atoms with Gasteiger partial charge in [0.25, 0.3) is 5.91 Å². The number of amides is 1. The average molecular weight is 439 g/mol. The van der Waals surface area contributed by atoms with E-state index in [1.807, 2.05) is 37.3 Å². The Bertz CT molecular complexity index is 972. The van der Waals surface area contributed by atoms with Gasteiger partial charge in [-0.2, -0.15) is 5.10 Å². The minimum atomic E-state index is -0.320. The number of nitrogens with zero attached hydrogens (tertiary/aromatic N) is 1. The van der Waals surface area contributed by atoms with Crippen molar-refractivity contribution < 1.29 is 19.0 Å². The number of rotatable bonds is 7. The molecule has 0 atom stereocenters. The van der Waals surface area contributed by atoms with Crippen LogP contribution in [0.5, 0.6) is 17.2 Å². The van der Waals surface area contributed by atoms with Gasteiger partial charge in [0, 0.05) is 5.56 Å². The molecule has 0 unspecified atom stereocenters. The van der Waals surface area contributed by atoms with Gasteiger partial charge in [-0.1, -0.05) is 46.8 Å². The molecule has 2 aromatic carbocycles. The molecule has 1 heterocycles. The fourth-order valence-electron chi connectivity index (χ4n) is 4.09. The highest BCUT2D eigenvalue weighted by molar-refractivity contribution is 5.99. The standard InChI is InChI=1S/C26H34N2O4/c1-18(19-7-12-22-23(15-19)31-14-13-30-22)27-28-24(29)16-32-21-10-8-20(9-11-21)26(5,6)17-25(2,3)4/h7-12,15H,13-14,16-17H2,1-6H3,(H,28,29)/b27-18+. The van der Waals surface area contributed by atoms with Gasteiger partial charge in [-0.15, -0.1) is 0 Å². The van der Waals surface area contributed by atoms with E-state index in [1.165, 1.54) is 5.56 Å². The van der Waals surface area contributed by atoms with E-state index in [2.05, 4.69) is 57.3 Å². The SMILES string of the molecule is C/C(=N\NC(=O)COc1ccc(C(C)(C)CC(C)(C)C)cc1)c1ccc2c(c1)OCCO2. The summed E-state index contributed by atoms with van der Waals surface area (Å²) >= 11 is 0. The van der Waals surface area contributed by atoms with E-state index < -0.39 is 0 Å². The molecule has 1 aliphatic heterocycles. The summed E-state index contributed by atoms with van der Waals surface area (Å²) < 4.78 is 16.8. The van der Waals surface area contributed by atoms with Crippen LogP contribution in [0.1, 0.15) is 59.1 Å². The van der Waals surface area contributed by atoms with Crippen LogP contribution in [0.3, 0.4) is 0 Å². The quantitative estimate of drug-likeness (QED) is 0.483. The molecule has 2 aromatic rings. The third-order valence-corrected chi connectivity index (χ3v) is 5.29. The van der Waals surface area contributed by atoms with Crippen LogP contribution in [0.15, 0.2) is 47.6 Å². The first-order valence-corrected chi connectivity index (χ1v) is 11.0. The average Bonchev–Trinajstić information content (AvgIpc) is 2.74. The summed E-state index contributed by atoms with van der Waals surface area (Å²) in [6.07, 6.45) is 1.07. The maximum absolute atomic E-state index is 12.2. The topological polar surface area (TPSA) is 69.2 Å². The molecular formula is C26H34N2O4. The maximum Gasteiger partial charge on any atom is 0.277 e. The van der Waals surface area contributed by atoms with Crippen molar-refractivity contribution in [1.82, 2.24) is 5.43 Å². The highest BCUT2D eigenvalue weighted by Gasteiger charge is 2.27. The lowest BCUT2D eigenvalue weighted by molar-refractivity contribution is -0.123. The third kappa shape index (κ3) is 6.49. The summed E-state index contributed by atoms with van der Waals surface area (Å²) in [4.78, 5) is 12.2. The monoisotopic (exact) mass is 438 g/mol. The van der Waals surface area contributed by atoms with E-state index in [-0.39, 0.29) is 23.3 Å². The Labute approximate surface area is 191 Å². The molecule has 1 amide bonds. The first kappa shape index (κ1) is 23.6. The molecule has 0 aromatic heterocycles. The Morgan fingerprint density at radius 1 is 1.00 bits per heavy atom. The van der Waals surface area contributed by atoms with E-state index in [1.54, 1.807) is 0 Å². The maximum atomic E-state index is 12.2. The lowest BCUT2D eigenvalue weighted by Gasteiger charge is -2.33. The molecule has 1 N–H and O–H groups in total. The van der Waals surface area contributed by atoms with Crippen molar-refractivity contribution in [2.24, 2.45) is 10.5 Å². The van der Waals surface area contributed by atoms with Gasteiger partial charge in [0.1, 0.15) is 19.0 Å². The second kappa shape index (κ2) is 9.63. The van der Waals surface area contributed by atoms with Gasteiger partial charge in [-0.05, 0) is 60.1 Å². The highest BCUT2D eigenvalue weighted by atomic mass is 16.6. The van der Waals surface area contributed by atoms with Crippen LogP contribution >= 0.6 is 0 Å². The smallest absolute Gasteiger partial charge is 0.277 e. The summed E-state index contributed by atoms with van der Waals surface area (Å²) in [6, 6.07) is 13.6. The van der Waals surface area contributed by atoms with Crippen molar-refractivity contribution in [1.29, 1.82) is 0 Å². The minimum Gasteiger partial charge on any atom is -0.486 e. The van der Waals surface area contributed by atoms with E-state index in [9.17, 15) is 4.79 Å². The number of hydrogen-bond acceptors (Lipinski definition) is 5. The predicted molar refractivity (Wildman–Crippen MR) is 127 cm³/mol. The van der Waals surface area contributed by atoms with Gasteiger partial charge in [0.2, 0.25) is 0 Å². The zero-order chi connectivity index (χ0) is 23.4. The molecule has 0 fully saturated rings. The molecule has 0 spiro atoms. The largest absolute Gasteiger partial charge is 0.486 e. The molecule has 6 nitrogen and oxygen atoms in total. The van der Waals surface area contributed by atoms with E-state index in [0.29, 0.717) is 30.4 Å². The first-order valence-electron chi connectivity index (χ1n) is 11.0. The Balaban J connectivity index is 1.52. The zero-order valence-corrected chi connectivity index (χ0v) is 20.0. The Kier molecular flexibility index (Phi) is 7.12. The zero-order valence-electron chi connectivity index (χ0n) is 20.0. The van der Waals surface area contributed by atoms with E-state index in [0.717, 1.165) is 17.7 Å². The summed E-state index contributed by atoms with van der Waals surface area (Å²) in [6.45, 7) is 14.1. The van der Waals surface area contributed by atoms with Crippen molar-refractivity contribution >= 4 is 11.6 Å². The fourth-order valence-corrected chi connectivity index (χ4v) is 4.09. The van der Waals surface area contributed by atoms with Crippen molar-refractivity contribution in [3.05, 3.63) is 53.6 Å². The molecule has 172 valence electrons. The molecule has 0 radical (unpaired) electrons. The lowest BCUT2D eigenvalue weighted by Crippen LogP contribution is -2.26. The van der Waals surface area contributed by atoms with Crippen LogP contribution < -0.4 is 19.6 Å². The van der Waals surface area contributed by atoms with Gasteiger partial charge < -0.3 is 14.2 Å². The molecule has 3 rings (SSSR count). The van der Waals surface area contributed by atoms with Crippen LogP contribution in [-0.4, -0.2) is 31.4 Å². The molecule has 0 aliphatic carbocycles. The number of carbonyl (C=O) groups is 1. The number of hydrogen-bond donors (Lipinski definition) is 1. The predicted octanol–water partition coefficient (Wildman–Crippen LogP) is 5.09. The number of nitrogens with one attached hydrogen (secondary N) is 1.